The van der Waals surface area contributed by atoms with Crippen LogP contribution in [0.1, 0.15) is 13.8 Å². The Morgan fingerprint density at radius 2 is 2.33 bits per heavy atom. The number of carbonyl (C=O) groups excluding carboxylic acids is 1. The number of hydrogen-bond acceptors (Lipinski definition) is 3. The molecule has 1 rings (SSSR count). The van der Waals surface area contributed by atoms with Gasteiger partial charge in [0.15, 0.2) is 5.90 Å². The zero-order valence-corrected chi connectivity index (χ0v) is 5.34. The lowest BCUT2D eigenvalue weighted by molar-refractivity contribution is -0.130. The predicted molar refractivity (Wildman–Crippen MR) is 33.0 cm³/mol. The zero-order chi connectivity index (χ0) is 6.85. The Morgan fingerprint density at radius 1 is 1.67 bits per heavy atom. The van der Waals surface area contributed by atoms with Crippen LogP contribution >= 0.6 is 0 Å². The lowest BCUT2D eigenvalue weighted by Crippen LogP contribution is -1.99. The molecule has 3 heteroatoms. The quantitative estimate of drug-likeness (QED) is 0.356. The number of nitrogens with zero attached hydrogens (tertiary/aromatic N) is 1. The van der Waals surface area contributed by atoms with Gasteiger partial charge in [0.2, 0.25) is 0 Å². The second kappa shape index (κ2) is 2.01. The fraction of sp³-hybridized carbons (Fsp3) is 0.333. The van der Waals surface area contributed by atoms with Crippen LogP contribution in [0.15, 0.2) is 16.8 Å². The van der Waals surface area contributed by atoms with Crippen LogP contribution in [-0.4, -0.2) is 11.9 Å². The molecule has 0 aromatic rings. The minimum Gasteiger partial charge on any atom is -0.407 e. The van der Waals surface area contributed by atoms with E-state index in [9.17, 15) is 4.79 Å². The number of cyclic esters (lactones) is 1. The molecule has 0 aromatic heterocycles. The van der Waals surface area contributed by atoms with Gasteiger partial charge in [-0.2, -0.15) is 0 Å². The lowest BCUT2D eigenvalue weighted by Gasteiger charge is -1.85. The molecule has 0 aromatic carbocycles. The molecule has 0 saturated carbocycles. The maximum atomic E-state index is 10.6. The fourth-order valence-electron chi connectivity index (χ4n) is 0.607. The zero-order valence-electron chi connectivity index (χ0n) is 5.34. The summed E-state index contributed by atoms with van der Waals surface area (Å²) in [5.74, 6) is 0.0723. The molecule has 0 aliphatic carbocycles. The van der Waals surface area contributed by atoms with Crippen molar-refractivity contribution in [3.05, 3.63) is 11.8 Å². The first-order chi connectivity index (χ1) is 4.24. The summed E-state index contributed by atoms with van der Waals surface area (Å²) >= 11 is 0. The SMILES string of the molecule is C/C=C1\N=C(C)OC1=O. The first-order valence-corrected chi connectivity index (χ1v) is 2.68. The molecule has 0 N–H and O–H groups in total. The molecule has 0 radical (unpaired) electrons. The summed E-state index contributed by atoms with van der Waals surface area (Å²) in [7, 11) is 0. The van der Waals surface area contributed by atoms with E-state index in [1.165, 1.54) is 0 Å². The van der Waals surface area contributed by atoms with Crippen molar-refractivity contribution in [1.29, 1.82) is 0 Å². The maximum absolute atomic E-state index is 10.6. The van der Waals surface area contributed by atoms with E-state index in [1.54, 1.807) is 19.9 Å². The number of rotatable bonds is 0. The summed E-state index contributed by atoms with van der Waals surface area (Å²) in [6.07, 6.45) is 1.62. The highest BCUT2D eigenvalue weighted by Gasteiger charge is 2.17. The highest BCUT2D eigenvalue weighted by atomic mass is 16.6. The average molecular weight is 125 g/mol. The Morgan fingerprint density at radius 3 is 2.56 bits per heavy atom. The number of aliphatic imine (C=N–C) groups is 1. The van der Waals surface area contributed by atoms with Crippen molar-refractivity contribution < 1.29 is 9.53 Å². The molecule has 9 heavy (non-hydrogen) atoms. The second-order valence-corrected chi connectivity index (χ2v) is 1.69. The van der Waals surface area contributed by atoms with Crippen molar-refractivity contribution in [3.8, 4) is 0 Å². The molecular formula is C6H7NO2. The summed E-state index contributed by atoms with van der Waals surface area (Å²) < 4.78 is 4.61. The van der Waals surface area contributed by atoms with E-state index < -0.39 is 0 Å². The largest absolute Gasteiger partial charge is 0.407 e. The molecule has 0 atom stereocenters. The second-order valence-electron chi connectivity index (χ2n) is 1.69. The standard InChI is InChI=1S/C6H7NO2/c1-3-5-6(8)9-4(2)7-5/h3H,1-2H3/b5-3-. The smallest absolute Gasteiger partial charge is 0.363 e. The normalized spacial score (nSPS) is 22.2. The molecule has 0 saturated heterocycles. The minimum atomic E-state index is -0.352. The Kier molecular flexibility index (Phi) is 1.34. The van der Waals surface area contributed by atoms with Crippen molar-refractivity contribution in [1.82, 2.24) is 0 Å². The van der Waals surface area contributed by atoms with Gasteiger partial charge in [-0.15, -0.1) is 0 Å². The van der Waals surface area contributed by atoms with Gasteiger partial charge in [-0.1, -0.05) is 6.08 Å². The van der Waals surface area contributed by atoms with Crippen molar-refractivity contribution >= 4 is 11.9 Å². The molecule has 0 fully saturated rings. The van der Waals surface area contributed by atoms with Crippen molar-refractivity contribution in [2.45, 2.75) is 13.8 Å². The predicted octanol–water partition coefficient (Wildman–Crippen LogP) is 0.865. The van der Waals surface area contributed by atoms with Gasteiger partial charge in [-0.3, -0.25) is 0 Å². The van der Waals surface area contributed by atoms with E-state index in [4.69, 9.17) is 0 Å². The van der Waals surface area contributed by atoms with Crippen molar-refractivity contribution in [3.63, 3.8) is 0 Å². The third-order valence-electron chi connectivity index (χ3n) is 1.00. The van der Waals surface area contributed by atoms with Gasteiger partial charge in [-0.25, -0.2) is 9.79 Å². The third-order valence-corrected chi connectivity index (χ3v) is 1.00. The van der Waals surface area contributed by atoms with Crippen LogP contribution in [0, 0.1) is 0 Å². The summed E-state index contributed by atoms with van der Waals surface area (Å²) in [5, 5.41) is 0. The highest BCUT2D eigenvalue weighted by molar-refractivity contribution is 6.03. The molecule has 0 amide bonds. The van der Waals surface area contributed by atoms with E-state index in [2.05, 4.69) is 9.73 Å². The molecule has 1 aliphatic heterocycles. The summed E-state index contributed by atoms with van der Waals surface area (Å²) in [5.41, 5.74) is 0.396. The van der Waals surface area contributed by atoms with Crippen LogP contribution in [-0.2, 0) is 9.53 Å². The molecule has 1 aliphatic rings. The van der Waals surface area contributed by atoms with Crippen LogP contribution in [0.3, 0.4) is 0 Å². The molecule has 1 heterocycles. The lowest BCUT2D eigenvalue weighted by atomic mass is 10.4. The number of allylic oxidation sites excluding steroid dienone is 1. The van der Waals surface area contributed by atoms with Crippen LogP contribution in [0.5, 0.6) is 0 Å². The van der Waals surface area contributed by atoms with Gasteiger partial charge in [-0.05, 0) is 6.92 Å². The van der Waals surface area contributed by atoms with Gasteiger partial charge in [0.25, 0.3) is 0 Å². The van der Waals surface area contributed by atoms with Crippen LogP contribution < -0.4 is 0 Å². The van der Waals surface area contributed by atoms with E-state index >= 15 is 0 Å². The summed E-state index contributed by atoms with van der Waals surface area (Å²) in [4.78, 5) is 14.4. The van der Waals surface area contributed by atoms with Crippen LogP contribution in [0.2, 0.25) is 0 Å². The molecule has 48 valence electrons. The van der Waals surface area contributed by atoms with E-state index in [0.717, 1.165) is 0 Å². The third kappa shape index (κ3) is 0.988. The Bertz CT molecular complexity index is 203. The van der Waals surface area contributed by atoms with Gasteiger partial charge in [0, 0.05) is 6.92 Å². The van der Waals surface area contributed by atoms with E-state index in [1.807, 2.05) is 0 Å². The number of hydrogen-bond donors (Lipinski definition) is 0. The number of carbonyl (C=O) groups is 1. The molecular weight excluding hydrogens is 118 g/mol. The first kappa shape index (κ1) is 6.01. The topological polar surface area (TPSA) is 38.7 Å². The first-order valence-electron chi connectivity index (χ1n) is 2.68. The molecule has 0 unspecified atom stereocenters. The Hall–Kier alpha value is -1.12. The summed E-state index contributed by atoms with van der Waals surface area (Å²) in [6.45, 7) is 3.40. The Balaban J connectivity index is 2.89. The Labute approximate surface area is 53.0 Å². The van der Waals surface area contributed by atoms with E-state index in [-0.39, 0.29) is 5.97 Å². The van der Waals surface area contributed by atoms with Gasteiger partial charge in [0.05, 0.1) is 0 Å². The number of esters is 1. The van der Waals surface area contributed by atoms with Gasteiger partial charge < -0.3 is 4.74 Å². The van der Waals surface area contributed by atoms with Crippen LogP contribution in [0.25, 0.3) is 0 Å². The fourth-order valence-corrected chi connectivity index (χ4v) is 0.607. The monoisotopic (exact) mass is 125 g/mol. The highest BCUT2D eigenvalue weighted by Crippen LogP contribution is 2.08. The number of ether oxygens (including phenoxy) is 1. The molecule has 0 spiro atoms. The van der Waals surface area contributed by atoms with E-state index in [0.29, 0.717) is 11.6 Å². The molecule has 3 nitrogen and oxygen atoms in total. The minimum absolute atomic E-state index is 0.352. The van der Waals surface area contributed by atoms with Crippen LogP contribution in [0.4, 0.5) is 0 Å². The van der Waals surface area contributed by atoms with Gasteiger partial charge in [0.1, 0.15) is 5.70 Å². The summed E-state index contributed by atoms with van der Waals surface area (Å²) in [6, 6.07) is 0. The van der Waals surface area contributed by atoms with Gasteiger partial charge >= 0.3 is 5.97 Å². The molecule has 0 bridgehead atoms. The average Bonchev–Trinajstić information content (AvgIpc) is 2.10. The maximum Gasteiger partial charge on any atom is 0.363 e. The van der Waals surface area contributed by atoms with Crippen molar-refractivity contribution in [2.75, 3.05) is 0 Å². The van der Waals surface area contributed by atoms with Crippen molar-refractivity contribution in [2.24, 2.45) is 4.99 Å².